The second kappa shape index (κ2) is 8.52. The van der Waals surface area contributed by atoms with Crippen molar-refractivity contribution in [1.29, 1.82) is 0 Å². The third-order valence-electron chi connectivity index (χ3n) is 6.76. The summed E-state index contributed by atoms with van der Waals surface area (Å²) in [7, 11) is 0. The van der Waals surface area contributed by atoms with Gasteiger partial charge < -0.3 is 14.7 Å². The maximum absolute atomic E-state index is 12.6. The van der Waals surface area contributed by atoms with E-state index in [0.29, 0.717) is 19.1 Å². The van der Waals surface area contributed by atoms with Crippen LogP contribution in [-0.2, 0) is 32.5 Å². The first-order valence-corrected chi connectivity index (χ1v) is 11.8. The predicted octanol–water partition coefficient (Wildman–Crippen LogP) is 4.34. The van der Waals surface area contributed by atoms with Gasteiger partial charge in [-0.15, -0.1) is 0 Å². The van der Waals surface area contributed by atoms with Gasteiger partial charge in [-0.3, -0.25) is 9.69 Å². The molecule has 1 fully saturated rings. The number of aromatic amines is 2. The van der Waals surface area contributed by atoms with E-state index < -0.39 is 0 Å². The minimum absolute atomic E-state index is 0.0580. The van der Waals surface area contributed by atoms with Crippen molar-refractivity contribution in [2.75, 3.05) is 6.54 Å². The molecule has 6 heteroatoms. The van der Waals surface area contributed by atoms with Crippen molar-refractivity contribution < 1.29 is 4.74 Å². The number of H-pyrrole nitrogens is 2. The Morgan fingerprint density at radius 1 is 1.12 bits per heavy atom. The zero-order chi connectivity index (χ0) is 22.2. The number of benzene rings is 2. The van der Waals surface area contributed by atoms with E-state index in [9.17, 15) is 4.79 Å². The molecule has 4 aromatic rings. The Labute approximate surface area is 192 Å². The van der Waals surface area contributed by atoms with Gasteiger partial charge in [-0.05, 0) is 54.5 Å². The van der Waals surface area contributed by atoms with Gasteiger partial charge in [0.25, 0.3) is 5.56 Å². The lowest BCUT2D eigenvalue weighted by molar-refractivity contribution is 0.241. The molecular weight excluding hydrogens is 412 g/mol. The standard InChI is InChI=1S/C27H28N4O2/c32-27-22-10-11-31(16-25(22)29-26(30-27)12-18-6-7-18)15-20-14-28-24-9-8-21(13-23(20)24)33-17-19-4-2-1-3-5-19/h1-5,8-9,13-14,18,28H,6-7,10-12,15-17H2,(H,29,30,32). The number of hydrogen-bond donors (Lipinski definition) is 2. The summed E-state index contributed by atoms with van der Waals surface area (Å²) >= 11 is 0. The van der Waals surface area contributed by atoms with Crippen molar-refractivity contribution in [2.45, 2.75) is 45.4 Å². The molecule has 0 amide bonds. The van der Waals surface area contributed by atoms with Gasteiger partial charge in [-0.2, -0.15) is 0 Å². The molecule has 6 nitrogen and oxygen atoms in total. The van der Waals surface area contributed by atoms with Crippen molar-refractivity contribution in [3.8, 4) is 5.75 Å². The van der Waals surface area contributed by atoms with Crippen LogP contribution in [0.15, 0.2) is 59.5 Å². The quantitative estimate of drug-likeness (QED) is 0.448. The van der Waals surface area contributed by atoms with Gasteiger partial charge in [-0.1, -0.05) is 30.3 Å². The zero-order valence-electron chi connectivity index (χ0n) is 18.6. The number of nitrogens with one attached hydrogen (secondary N) is 2. The van der Waals surface area contributed by atoms with Gasteiger partial charge in [0.1, 0.15) is 18.2 Å². The average Bonchev–Trinajstić information content (AvgIpc) is 3.56. The Morgan fingerprint density at radius 3 is 2.85 bits per heavy atom. The molecule has 0 atom stereocenters. The molecule has 1 aliphatic heterocycles. The third kappa shape index (κ3) is 4.44. The fourth-order valence-corrected chi connectivity index (χ4v) is 4.73. The van der Waals surface area contributed by atoms with E-state index in [0.717, 1.165) is 59.8 Å². The molecule has 2 aromatic heterocycles. The van der Waals surface area contributed by atoms with Crippen LogP contribution in [0, 0.1) is 5.92 Å². The first kappa shape index (κ1) is 20.2. The van der Waals surface area contributed by atoms with Crippen LogP contribution in [0.2, 0.25) is 0 Å². The summed E-state index contributed by atoms with van der Waals surface area (Å²) in [6.45, 7) is 2.94. The Kier molecular flexibility index (Phi) is 5.23. The highest BCUT2D eigenvalue weighted by Crippen LogP contribution is 2.32. The third-order valence-corrected chi connectivity index (χ3v) is 6.76. The fourth-order valence-electron chi connectivity index (χ4n) is 4.73. The number of aromatic nitrogens is 3. The van der Waals surface area contributed by atoms with Crippen LogP contribution >= 0.6 is 0 Å². The highest BCUT2D eigenvalue weighted by Gasteiger charge is 2.26. The molecule has 2 aliphatic rings. The molecule has 0 radical (unpaired) electrons. The number of nitrogens with zero attached hydrogens (tertiary/aromatic N) is 2. The molecule has 6 rings (SSSR count). The molecule has 1 aliphatic carbocycles. The van der Waals surface area contributed by atoms with E-state index in [2.05, 4.69) is 45.3 Å². The molecule has 2 aromatic carbocycles. The second-order valence-corrected chi connectivity index (χ2v) is 9.34. The van der Waals surface area contributed by atoms with E-state index in [1.807, 2.05) is 24.3 Å². The normalized spacial score (nSPS) is 16.1. The Morgan fingerprint density at radius 2 is 2.00 bits per heavy atom. The summed E-state index contributed by atoms with van der Waals surface area (Å²) in [6, 6.07) is 16.4. The summed E-state index contributed by atoms with van der Waals surface area (Å²) < 4.78 is 6.05. The number of rotatable bonds is 7. The second-order valence-electron chi connectivity index (χ2n) is 9.34. The molecule has 0 unspecified atom stereocenters. The van der Waals surface area contributed by atoms with Crippen molar-refractivity contribution in [1.82, 2.24) is 19.9 Å². The lowest BCUT2D eigenvalue weighted by Gasteiger charge is -2.27. The predicted molar refractivity (Wildman–Crippen MR) is 128 cm³/mol. The average molecular weight is 441 g/mol. The van der Waals surface area contributed by atoms with Crippen LogP contribution in [0.1, 0.15) is 41.1 Å². The van der Waals surface area contributed by atoms with E-state index >= 15 is 0 Å². The van der Waals surface area contributed by atoms with Crippen LogP contribution in [0.5, 0.6) is 5.75 Å². The van der Waals surface area contributed by atoms with E-state index in [1.165, 1.54) is 23.8 Å². The Hall–Kier alpha value is -3.38. The van der Waals surface area contributed by atoms with Gasteiger partial charge in [0.2, 0.25) is 0 Å². The molecule has 2 N–H and O–H groups in total. The summed E-state index contributed by atoms with van der Waals surface area (Å²) in [5.74, 6) is 2.43. The molecule has 33 heavy (non-hydrogen) atoms. The fraction of sp³-hybridized carbons (Fsp3) is 0.333. The molecular formula is C27H28N4O2. The smallest absolute Gasteiger partial charge is 0.254 e. The van der Waals surface area contributed by atoms with Crippen LogP contribution in [0.3, 0.4) is 0 Å². The first-order chi connectivity index (χ1) is 16.2. The van der Waals surface area contributed by atoms with Crippen molar-refractivity contribution >= 4 is 10.9 Å². The van der Waals surface area contributed by atoms with E-state index in [4.69, 9.17) is 9.72 Å². The van der Waals surface area contributed by atoms with Crippen molar-refractivity contribution in [2.24, 2.45) is 5.92 Å². The summed E-state index contributed by atoms with van der Waals surface area (Å²) in [5.41, 5.74) is 5.37. The van der Waals surface area contributed by atoms with E-state index in [-0.39, 0.29) is 5.56 Å². The monoisotopic (exact) mass is 440 g/mol. The summed E-state index contributed by atoms with van der Waals surface area (Å²) in [5, 5.41) is 1.18. The topological polar surface area (TPSA) is 74.0 Å². The van der Waals surface area contributed by atoms with Gasteiger partial charge >= 0.3 is 0 Å². The Bertz CT molecular complexity index is 1340. The van der Waals surface area contributed by atoms with Crippen LogP contribution in [0.25, 0.3) is 10.9 Å². The van der Waals surface area contributed by atoms with Crippen molar-refractivity contribution in [3.05, 3.63) is 93.3 Å². The lowest BCUT2D eigenvalue weighted by atomic mass is 10.0. The summed E-state index contributed by atoms with van der Waals surface area (Å²) in [6.07, 6.45) is 6.24. The zero-order valence-corrected chi connectivity index (χ0v) is 18.6. The maximum Gasteiger partial charge on any atom is 0.254 e. The minimum Gasteiger partial charge on any atom is -0.489 e. The first-order valence-electron chi connectivity index (χ1n) is 11.8. The summed E-state index contributed by atoms with van der Waals surface area (Å²) in [4.78, 5) is 26.2. The molecule has 3 heterocycles. The van der Waals surface area contributed by atoms with Gasteiger partial charge in [0.05, 0.1) is 5.69 Å². The van der Waals surface area contributed by atoms with E-state index in [1.54, 1.807) is 0 Å². The lowest BCUT2D eigenvalue weighted by Crippen LogP contribution is -2.35. The SMILES string of the molecule is O=c1[nH]c(CC2CC2)nc2c1CCN(Cc1c[nH]c3ccc(OCc4ccccc4)cc13)C2. The largest absolute Gasteiger partial charge is 0.489 e. The highest BCUT2D eigenvalue weighted by atomic mass is 16.5. The Balaban J connectivity index is 1.18. The number of hydrogen-bond acceptors (Lipinski definition) is 4. The molecule has 168 valence electrons. The minimum atomic E-state index is 0.0580. The molecule has 0 bridgehead atoms. The van der Waals surface area contributed by atoms with Crippen molar-refractivity contribution in [3.63, 3.8) is 0 Å². The van der Waals surface area contributed by atoms with Crippen LogP contribution in [-0.4, -0.2) is 26.4 Å². The van der Waals surface area contributed by atoms with Gasteiger partial charge in [-0.25, -0.2) is 4.98 Å². The number of fused-ring (bicyclic) bond motifs is 2. The molecule has 0 spiro atoms. The van der Waals surface area contributed by atoms with Gasteiger partial charge in [0.15, 0.2) is 0 Å². The van der Waals surface area contributed by atoms with Gasteiger partial charge in [0, 0.05) is 48.7 Å². The maximum atomic E-state index is 12.6. The van der Waals surface area contributed by atoms with Crippen LogP contribution < -0.4 is 10.3 Å². The number of ether oxygens (including phenoxy) is 1. The molecule has 1 saturated carbocycles. The van der Waals surface area contributed by atoms with Crippen LogP contribution in [0.4, 0.5) is 0 Å². The highest BCUT2D eigenvalue weighted by molar-refractivity contribution is 5.84. The molecule has 0 saturated heterocycles.